The Morgan fingerprint density at radius 3 is 2.62 bits per heavy atom. The average Bonchev–Trinajstić information content (AvgIpc) is 2.71. The monoisotopic (exact) mass is 352 g/mol. The minimum Gasteiger partial charge on any atom is -0.493 e. The minimum atomic E-state index is 0.553. The maximum absolute atomic E-state index is 5.93. The van der Waals surface area contributed by atoms with Crippen molar-refractivity contribution in [2.75, 3.05) is 13.7 Å². The maximum Gasteiger partial charge on any atom is 0.161 e. The zero-order chi connectivity index (χ0) is 18.0. The number of methoxy groups -OCH3 is 1. The maximum atomic E-state index is 5.93. The quantitative estimate of drug-likeness (QED) is 0.541. The average molecular weight is 352 g/mol. The molecule has 0 fully saturated rings. The Hall–Kier alpha value is -2.26. The molecule has 2 aromatic carbocycles. The molecule has 0 aliphatic heterocycles. The van der Waals surface area contributed by atoms with Gasteiger partial charge >= 0.3 is 0 Å². The highest BCUT2D eigenvalue weighted by Gasteiger charge is 2.08. The van der Waals surface area contributed by atoms with Gasteiger partial charge in [-0.25, -0.2) is 0 Å². The molecule has 2 N–H and O–H groups in total. The van der Waals surface area contributed by atoms with Crippen LogP contribution in [0, 0.1) is 0 Å². The van der Waals surface area contributed by atoms with Crippen LogP contribution in [0.5, 0.6) is 11.5 Å². The fourth-order valence-corrected chi connectivity index (χ4v) is 3.38. The first-order valence-corrected chi connectivity index (χ1v) is 9.68. The van der Waals surface area contributed by atoms with Gasteiger partial charge in [-0.3, -0.25) is 0 Å². The largest absolute Gasteiger partial charge is 0.493 e. The van der Waals surface area contributed by atoms with E-state index in [4.69, 9.17) is 9.47 Å². The summed E-state index contributed by atoms with van der Waals surface area (Å²) in [5.41, 5.74) is 4.07. The Kier molecular flexibility index (Phi) is 7.15. The molecule has 2 aromatic rings. The first kappa shape index (κ1) is 18.5. The molecular weight excluding hydrogens is 322 g/mol. The summed E-state index contributed by atoms with van der Waals surface area (Å²) >= 11 is 0. The van der Waals surface area contributed by atoms with Gasteiger partial charge in [-0.1, -0.05) is 42.0 Å². The van der Waals surface area contributed by atoms with Crippen molar-refractivity contribution < 1.29 is 14.8 Å². The fourth-order valence-electron chi connectivity index (χ4n) is 3.38. The lowest BCUT2D eigenvalue weighted by molar-refractivity contribution is -0.670. The van der Waals surface area contributed by atoms with Crippen LogP contribution in [0.15, 0.2) is 60.2 Å². The van der Waals surface area contributed by atoms with E-state index in [1.54, 1.807) is 12.7 Å². The topological polar surface area (TPSA) is 35.1 Å². The van der Waals surface area contributed by atoms with E-state index in [1.807, 2.05) is 24.3 Å². The van der Waals surface area contributed by atoms with Gasteiger partial charge in [0, 0.05) is 12.0 Å². The van der Waals surface area contributed by atoms with E-state index < -0.39 is 0 Å². The van der Waals surface area contributed by atoms with Crippen molar-refractivity contribution in [3.8, 4) is 11.5 Å². The van der Waals surface area contributed by atoms with E-state index >= 15 is 0 Å². The molecule has 0 bridgehead atoms. The van der Waals surface area contributed by atoms with Crippen LogP contribution >= 0.6 is 0 Å². The summed E-state index contributed by atoms with van der Waals surface area (Å²) in [5.74, 6) is 1.61. The van der Waals surface area contributed by atoms with E-state index in [0.29, 0.717) is 6.61 Å². The van der Waals surface area contributed by atoms with Gasteiger partial charge in [-0.15, -0.1) is 0 Å². The second kappa shape index (κ2) is 10.0. The predicted molar refractivity (Wildman–Crippen MR) is 105 cm³/mol. The van der Waals surface area contributed by atoms with Crippen LogP contribution < -0.4 is 14.8 Å². The Balaban J connectivity index is 1.48. The Morgan fingerprint density at radius 1 is 0.962 bits per heavy atom. The molecule has 0 atom stereocenters. The summed E-state index contributed by atoms with van der Waals surface area (Å²) < 4.78 is 11.5. The summed E-state index contributed by atoms with van der Waals surface area (Å²) in [7, 11) is 1.70. The molecule has 138 valence electrons. The smallest absolute Gasteiger partial charge is 0.161 e. The van der Waals surface area contributed by atoms with Gasteiger partial charge in [0.05, 0.1) is 13.7 Å². The van der Waals surface area contributed by atoms with Gasteiger partial charge in [0.15, 0.2) is 11.5 Å². The number of hydrogen-bond donors (Lipinski definition) is 1. The molecule has 1 aliphatic rings. The lowest BCUT2D eigenvalue weighted by Gasteiger charge is -2.13. The van der Waals surface area contributed by atoms with Gasteiger partial charge in [-0.05, 0) is 49.4 Å². The van der Waals surface area contributed by atoms with Crippen molar-refractivity contribution in [3.63, 3.8) is 0 Å². The molecule has 26 heavy (non-hydrogen) atoms. The Labute approximate surface area is 157 Å². The van der Waals surface area contributed by atoms with E-state index in [-0.39, 0.29) is 0 Å². The number of allylic oxidation sites excluding steroid dienone is 1. The van der Waals surface area contributed by atoms with Crippen LogP contribution in [-0.4, -0.2) is 13.7 Å². The van der Waals surface area contributed by atoms with E-state index in [2.05, 4.69) is 35.7 Å². The number of benzene rings is 2. The molecule has 0 spiro atoms. The highest BCUT2D eigenvalue weighted by molar-refractivity contribution is 5.42. The Morgan fingerprint density at radius 2 is 1.85 bits per heavy atom. The lowest BCUT2D eigenvalue weighted by atomic mass is 9.97. The van der Waals surface area contributed by atoms with E-state index in [9.17, 15) is 0 Å². The van der Waals surface area contributed by atoms with Crippen LogP contribution in [0.3, 0.4) is 0 Å². The molecule has 0 heterocycles. The van der Waals surface area contributed by atoms with E-state index in [1.165, 1.54) is 37.7 Å². The fraction of sp³-hybridized carbons (Fsp3) is 0.391. The first-order chi connectivity index (χ1) is 12.8. The van der Waals surface area contributed by atoms with Gasteiger partial charge in [0.25, 0.3) is 0 Å². The second-order valence-corrected chi connectivity index (χ2v) is 6.90. The summed E-state index contributed by atoms with van der Waals surface area (Å²) in [4.78, 5) is 0. The molecular formula is C23H30NO2+. The van der Waals surface area contributed by atoms with Crippen molar-refractivity contribution >= 4 is 0 Å². The van der Waals surface area contributed by atoms with Gasteiger partial charge in [0.2, 0.25) is 0 Å². The number of hydrogen-bond acceptors (Lipinski definition) is 2. The predicted octanol–water partition coefficient (Wildman–Crippen LogP) is 4.23. The second-order valence-electron chi connectivity index (χ2n) is 6.90. The molecule has 0 aromatic heterocycles. The number of ether oxygens (including phenoxy) is 2. The van der Waals surface area contributed by atoms with Crippen LogP contribution in [0.2, 0.25) is 0 Å². The third-order valence-electron chi connectivity index (χ3n) is 4.90. The highest BCUT2D eigenvalue weighted by atomic mass is 16.5. The van der Waals surface area contributed by atoms with Gasteiger partial charge in [-0.2, -0.15) is 0 Å². The van der Waals surface area contributed by atoms with Crippen LogP contribution in [0.25, 0.3) is 0 Å². The summed E-state index contributed by atoms with van der Waals surface area (Å²) in [6.45, 7) is 2.68. The third kappa shape index (κ3) is 5.63. The molecule has 0 amide bonds. The summed E-state index contributed by atoms with van der Waals surface area (Å²) in [6.07, 6.45) is 8.97. The number of nitrogens with two attached hydrogens (primary N) is 1. The highest BCUT2D eigenvalue weighted by Crippen LogP contribution is 2.28. The summed E-state index contributed by atoms with van der Waals surface area (Å²) in [6, 6.07) is 16.5. The molecule has 3 heteroatoms. The van der Waals surface area contributed by atoms with Crippen molar-refractivity contribution in [3.05, 3.63) is 71.3 Å². The van der Waals surface area contributed by atoms with E-state index in [0.717, 1.165) is 30.2 Å². The van der Waals surface area contributed by atoms with Gasteiger partial charge in [0.1, 0.15) is 13.2 Å². The van der Waals surface area contributed by atoms with Crippen LogP contribution in [0.4, 0.5) is 0 Å². The third-order valence-corrected chi connectivity index (χ3v) is 4.90. The molecule has 1 aliphatic carbocycles. The number of quaternary nitrogens is 1. The Bertz CT molecular complexity index is 709. The van der Waals surface area contributed by atoms with Crippen LogP contribution in [0.1, 0.15) is 43.2 Å². The van der Waals surface area contributed by atoms with Crippen molar-refractivity contribution in [2.45, 2.75) is 45.3 Å². The van der Waals surface area contributed by atoms with Crippen LogP contribution in [-0.2, 0) is 13.2 Å². The van der Waals surface area contributed by atoms with Gasteiger partial charge < -0.3 is 14.8 Å². The normalized spacial score (nSPS) is 14.0. The first-order valence-electron chi connectivity index (χ1n) is 9.68. The summed E-state index contributed by atoms with van der Waals surface area (Å²) in [5, 5.41) is 2.38. The molecule has 0 saturated carbocycles. The standard InChI is InChI=1S/C23H29NO2/c1-25-23-16-21(17-24-15-14-19-8-4-2-5-9-19)12-13-22(23)26-18-20-10-6-3-7-11-20/h3,6-8,10-13,16,24H,2,4-5,9,14-15,17-18H2,1H3/p+1. The molecule has 3 rings (SSSR count). The van der Waals surface area contributed by atoms with Crippen molar-refractivity contribution in [1.29, 1.82) is 0 Å². The number of rotatable bonds is 9. The minimum absolute atomic E-state index is 0.553. The molecule has 0 radical (unpaired) electrons. The zero-order valence-electron chi connectivity index (χ0n) is 15.7. The van der Waals surface area contributed by atoms with Crippen molar-refractivity contribution in [1.82, 2.24) is 0 Å². The van der Waals surface area contributed by atoms with Crippen molar-refractivity contribution in [2.24, 2.45) is 0 Å². The zero-order valence-corrected chi connectivity index (χ0v) is 15.7. The molecule has 0 saturated heterocycles. The SMILES string of the molecule is COc1cc(C[NH2+]CCC2=CCCCC2)ccc1OCc1ccccc1. The molecule has 3 nitrogen and oxygen atoms in total. The molecule has 0 unspecified atom stereocenters. The lowest BCUT2D eigenvalue weighted by Crippen LogP contribution is -2.82.